The summed E-state index contributed by atoms with van der Waals surface area (Å²) < 4.78 is 48.1. The first kappa shape index (κ1) is 16.4. The third-order valence-electron chi connectivity index (χ3n) is 3.62. The van der Waals surface area contributed by atoms with Crippen LogP contribution in [0.15, 0.2) is 35.1 Å². The van der Waals surface area contributed by atoms with Gasteiger partial charge in [-0.05, 0) is 24.8 Å². The SMILES string of the molecule is O=C(NCc1ccccc1OCC1CC1)c1ncoc1C(F)(F)F. The first-order valence-electron chi connectivity index (χ1n) is 7.44. The molecule has 0 spiro atoms. The number of amides is 1. The maximum atomic E-state index is 12.7. The number of rotatable bonds is 6. The highest BCUT2D eigenvalue weighted by Crippen LogP contribution is 2.32. The quantitative estimate of drug-likeness (QED) is 0.875. The van der Waals surface area contributed by atoms with Crippen LogP contribution in [0.4, 0.5) is 13.2 Å². The fraction of sp³-hybridized carbons (Fsp3) is 0.375. The number of ether oxygens (including phenoxy) is 1. The smallest absolute Gasteiger partial charge is 0.452 e. The number of benzene rings is 1. The van der Waals surface area contributed by atoms with Gasteiger partial charge in [0, 0.05) is 12.1 Å². The Morgan fingerprint density at radius 2 is 2.08 bits per heavy atom. The molecule has 0 atom stereocenters. The van der Waals surface area contributed by atoms with Gasteiger partial charge in [-0.25, -0.2) is 4.98 Å². The molecule has 1 N–H and O–H groups in total. The number of nitrogens with zero attached hydrogens (tertiary/aromatic N) is 1. The summed E-state index contributed by atoms with van der Waals surface area (Å²) in [6.07, 6.45) is -1.88. The number of hydrogen-bond acceptors (Lipinski definition) is 4. The van der Waals surface area contributed by atoms with Gasteiger partial charge < -0.3 is 14.5 Å². The van der Waals surface area contributed by atoms with Crippen LogP contribution in [0, 0.1) is 5.92 Å². The van der Waals surface area contributed by atoms with Crippen molar-refractivity contribution in [2.75, 3.05) is 6.61 Å². The van der Waals surface area contributed by atoms with E-state index >= 15 is 0 Å². The Balaban J connectivity index is 1.65. The van der Waals surface area contributed by atoms with Crippen LogP contribution in [0.3, 0.4) is 0 Å². The lowest BCUT2D eigenvalue weighted by Gasteiger charge is -2.12. The van der Waals surface area contributed by atoms with Gasteiger partial charge in [-0.2, -0.15) is 13.2 Å². The maximum absolute atomic E-state index is 12.7. The molecule has 0 radical (unpaired) electrons. The summed E-state index contributed by atoms with van der Waals surface area (Å²) >= 11 is 0. The average molecular weight is 340 g/mol. The lowest BCUT2D eigenvalue weighted by molar-refractivity contribution is -0.153. The summed E-state index contributed by atoms with van der Waals surface area (Å²) in [5.74, 6) is -1.18. The predicted molar refractivity (Wildman–Crippen MR) is 77.3 cm³/mol. The third-order valence-corrected chi connectivity index (χ3v) is 3.62. The zero-order valence-electron chi connectivity index (χ0n) is 12.6. The Hall–Kier alpha value is -2.51. The van der Waals surface area contributed by atoms with Crippen molar-refractivity contribution in [2.45, 2.75) is 25.6 Å². The topological polar surface area (TPSA) is 64.4 Å². The third kappa shape index (κ3) is 3.87. The van der Waals surface area contributed by atoms with E-state index in [9.17, 15) is 18.0 Å². The van der Waals surface area contributed by atoms with E-state index in [2.05, 4.69) is 14.7 Å². The molecular weight excluding hydrogens is 325 g/mol. The Kier molecular flexibility index (Phi) is 4.46. The summed E-state index contributed by atoms with van der Waals surface area (Å²) in [6, 6.07) is 7.08. The molecule has 1 saturated carbocycles. The Bertz CT molecular complexity index is 723. The van der Waals surface area contributed by atoms with Gasteiger partial charge in [0.2, 0.25) is 5.76 Å². The molecule has 0 unspecified atom stereocenters. The highest BCUT2D eigenvalue weighted by atomic mass is 19.4. The van der Waals surface area contributed by atoms with Crippen LogP contribution in [0.1, 0.15) is 34.7 Å². The van der Waals surface area contributed by atoms with Crippen molar-refractivity contribution in [3.63, 3.8) is 0 Å². The number of carbonyl (C=O) groups excluding carboxylic acids is 1. The number of oxazole rings is 1. The molecule has 1 amide bonds. The van der Waals surface area contributed by atoms with E-state index in [1.54, 1.807) is 24.3 Å². The molecule has 1 aliphatic rings. The predicted octanol–water partition coefficient (Wildman–Crippen LogP) is 3.41. The van der Waals surface area contributed by atoms with E-state index in [4.69, 9.17) is 4.74 Å². The number of nitrogens with one attached hydrogen (secondary N) is 1. The van der Waals surface area contributed by atoms with Gasteiger partial charge in [-0.1, -0.05) is 18.2 Å². The van der Waals surface area contributed by atoms with Crippen LogP contribution < -0.4 is 10.1 Å². The molecule has 0 saturated heterocycles. The van der Waals surface area contributed by atoms with Crippen molar-refractivity contribution >= 4 is 5.91 Å². The van der Waals surface area contributed by atoms with Crippen LogP contribution >= 0.6 is 0 Å². The summed E-state index contributed by atoms with van der Waals surface area (Å²) in [6.45, 7) is 0.635. The molecule has 1 aromatic heterocycles. The number of alkyl halides is 3. The van der Waals surface area contributed by atoms with Crippen LogP contribution in [0.2, 0.25) is 0 Å². The van der Waals surface area contributed by atoms with E-state index in [1.807, 2.05) is 0 Å². The second-order valence-electron chi connectivity index (χ2n) is 5.57. The maximum Gasteiger partial charge on any atom is 0.452 e. The first-order valence-corrected chi connectivity index (χ1v) is 7.44. The van der Waals surface area contributed by atoms with Crippen molar-refractivity contribution in [2.24, 2.45) is 5.92 Å². The fourth-order valence-electron chi connectivity index (χ4n) is 2.15. The molecule has 1 aromatic carbocycles. The van der Waals surface area contributed by atoms with Crippen molar-refractivity contribution in [1.29, 1.82) is 0 Å². The lowest BCUT2D eigenvalue weighted by Crippen LogP contribution is -2.26. The second-order valence-corrected chi connectivity index (χ2v) is 5.57. The summed E-state index contributed by atoms with van der Waals surface area (Å²) in [5, 5.41) is 2.42. The number of aromatic nitrogens is 1. The fourth-order valence-corrected chi connectivity index (χ4v) is 2.15. The van der Waals surface area contributed by atoms with Crippen molar-refractivity contribution in [1.82, 2.24) is 10.3 Å². The summed E-state index contributed by atoms with van der Waals surface area (Å²) in [7, 11) is 0. The van der Waals surface area contributed by atoms with Gasteiger partial charge >= 0.3 is 6.18 Å². The number of halogens is 3. The molecule has 128 valence electrons. The second kappa shape index (κ2) is 6.54. The highest BCUT2D eigenvalue weighted by Gasteiger charge is 2.40. The van der Waals surface area contributed by atoms with E-state index < -0.39 is 23.5 Å². The largest absolute Gasteiger partial charge is 0.493 e. The molecular formula is C16H15F3N2O3. The van der Waals surface area contributed by atoms with E-state index in [1.165, 1.54) is 0 Å². The minimum atomic E-state index is -4.77. The average Bonchev–Trinajstić information content (AvgIpc) is 3.23. The number of carbonyl (C=O) groups is 1. The minimum Gasteiger partial charge on any atom is -0.493 e. The van der Waals surface area contributed by atoms with Crippen molar-refractivity contribution in [3.05, 3.63) is 47.7 Å². The Labute approximate surface area is 135 Å². The first-order chi connectivity index (χ1) is 11.4. The van der Waals surface area contributed by atoms with E-state index in [0.29, 0.717) is 30.2 Å². The van der Waals surface area contributed by atoms with Crippen LogP contribution in [-0.2, 0) is 12.7 Å². The van der Waals surface area contributed by atoms with Gasteiger partial charge in [-0.15, -0.1) is 0 Å². The monoisotopic (exact) mass is 340 g/mol. The normalized spacial score (nSPS) is 14.5. The van der Waals surface area contributed by atoms with Gasteiger partial charge in [0.05, 0.1) is 6.61 Å². The molecule has 1 aliphatic carbocycles. The van der Waals surface area contributed by atoms with Crippen LogP contribution in [0.25, 0.3) is 0 Å². The number of hydrogen-bond donors (Lipinski definition) is 1. The van der Waals surface area contributed by atoms with Crippen molar-refractivity contribution < 1.29 is 27.1 Å². The lowest BCUT2D eigenvalue weighted by atomic mass is 10.2. The molecule has 2 aromatic rings. The zero-order chi connectivity index (χ0) is 17.2. The standard InChI is InChI=1S/C16H15F3N2O3/c17-16(18,19)14-13(21-9-24-14)15(22)20-7-11-3-1-2-4-12(11)23-8-10-5-6-10/h1-4,9-10H,5-8H2,(H,20,22). The minimum absolute atomic E-state index is 0.0316. The van der Waals surface area contributed by atoms with Crippen molar-refractivity contribution in [3.8, 4) is 5.75 Å². The summed E-state index contributed by atoms with van der Waals surface area (Å²) in [5.41, 5.74) is -0.0950. The molecule has 8 heteroatoms. The molecule has 1 heterocycles. The van der Waals surface area contributed by atoms with Gasteiger partial charge in [0.15, 0.2) is 12.1 Å². The molecule has 0 aliphatic heterocycles. The van der Waals surface area contributed by atoms with E-state index in [0.717, 1.165) is 12.8 Å². The number of para-hydroxylation sites is 1. The zero-order valence-corrected chi connectivity index (χ0v) is 12.6. The molecule has 3 rings (SSSR count). The Morgan fingerprint density at radius 3 is 2.79 bits per heavy atom. The summed E-state index contributed by atoms with van der Waals surface area (Å²) in [4.78, 5) is 15.3. The van der Waals surface area contributed by atoms with Crippen LogP contribution in [0.5, 0.6) is 5.75 Å². The van der Waals surface area contributed by atoms with Gasteiger partial charge in [0.1, 0.15) is 5.75 Å². The van der Waals surface area contributed by atoms with Crippen LogP contribution in [-0.4, -0.2) is 17.5 Å². The molecule has 0 bridgehead atoms. The molecule has 1 fully saturated rings. The van der Waals surface area contributed by atoms with Gasteiger partial charge in [-0.3, -0.25) is 4.79 Å². The van der Waals surface area contributed by atoms with Gasteiger partial charge in [0.25, 0.3) is 5.91 Å². The highest BCUT2D eigenvalue weighted by molar-refractivity contribution is 5.93. The molecule has 24 heavy (non-hydrogen) atoms. The molecule has 5 nitrogen and oxygen atoms in total. The van der Waals surface area contributed by atoms with E-state index in [-0.39, 0.29) is 6.54 Å². The Morgan fingerprint density at radius 1 is 1.33 bits per heavy atom.